The summed E-state index contributed by atoms with van der Waals surface area (Å²) < 4.78 is 46.1. The number of rotatable bonds is 5. The molecule has 8 heteroatoms. The first kappa shape index (κ1) is 17.5. The molecule has 0 atom stereocenters. The summed E-state index contributed by atoms with van der Waals surface area (Å²) in [5.41, 5.74) is 0.192. The highest BCUT2D eigenvalue weighted by molar-refractivity contribution is 6.06. The fourth-order valence-electron chi connectivity index (χ4n) is 1.85. The van der Waals surface area contributed by atoms with E-state index in [9.17, 15) is 23.1 Å². The molecule has 24 heavy (non-hydrogen) atoms. The molecule has 128 valence electrons. The number of methoxy groups -OCH3 is 1. The van der Waals surface area contributed by atoms with E-state index in [0.29, 0.717) is 5.75 Å². The summed E-state index contributed by atoms with van der Waals surface area (Å²) in [6.07, 6.45) is -4.45. The average Bonchev–Trinajstić information content (AvgIpc) is 2.53. The molecule has 0 aliphatic rings. The number of ether oxygens (including phenoxy) is 2. The van der Waals surface area contributed by atoms with Gasteiger partial charge in [-0.15, -0.1) is 0 Å². The smallest absolute Gasteiger partial charge is 0.422 e. The summed E-state index contributed by atoms with van der Waals surface area (Å²) in [6, 6.07) is 9.64. The van der Waals surface area contributed by atoms with Gasteiger partial charge in [-0.1, -0.05) is 6.07 Å². The van der Waals surface area contributed by atoms with Crippen LogP contribution in [-0.2, 0) is 0 Å². The maximum atomic E-state index is 12.2. The number of benzene rings is 2. The molecule has 0 radical (unpaired) electrons. The molecule has 0 saturated heterocycles. The molecule has 0 aliphatic heterocycles. The Morgan fingerprint density at radius 1 is 1.17 bits per heavy atom. The Morgan fingerprint density at radius 2 is 1.92 bits per heavy atom. The van der Waals surface area contributed by atoms with Crippen molar-refractivity contribution in [3.8, 4) is 17.2 Å². The molecule has 2 rings (SSSR count). The number of phenolic OH excluding ortho intramolecular Hbond substituents is 1. The molecule has 5 nitrogen and oxygen atoms in total. The second-order valence-corrected chi connectivity index (χ2v) is 4.77. The van der Waals surface area contributed by atoms with Crippen LogP contribution in [-0.4, -0.2) is 30.9 Å². The van der Waals surface area contributed by atoms with E-state index in [1.165, 1.54) is 49.6 Å². The molecule has 2 aromatic rings. The third kappa shape index (κ3) is 4.80. The Hall–Kier alpha value is -2.90. The van der Waals surface area contributed by atoms with Crippen LogP contribution in [0, 0.1) is 0 Å². The summed E-state index contributed by atoms with van der Waals surface area (Å²) in [7, 11) is 1.41. The van der Waals surface area contributed by atoms with E-state index < -0.39 is 18.7 Å². The number of alkyl halides is 3. The Morgan fingerprint density at radius 3 is 2.58 bits per heavy atom. The van der Waals surface area contributed by atoms with Crippen molar-refractivity contribution >= 4 is 11.6 Å². The highest BCUT2D eigenvalue weighted by Gasteiger charge is 2.28. The van der Waals surface area contributed by atoms with Gasteiger partial charge in [0.15, 0.2) is 6.61 Å². The first-order chi connectivity index (χ1) is 11.3. The summed E-state index contributed by atoms with van der Waals surface area (Å²) in [4.78, 5) is 12.2. The van der Waals surface area contributed by atoms with Crippen LogP contribution in [0.2, 0.25) is 0 Å². The van der Waals surface area contributed by atoms with Crippen LogP contribution in [0.25, 0.3) is 0 Å². The maximum Gasteiger partial charge on any atom is 0.422 e. The van der Waals surface area contributed by atoms with Crippen molar-refractivity contribution in [2.75, 3.05) is 19.0 Å². The second-order valence-electron chi connectivity index (χ2n) is 4.77. The molecule has 1 amide bonds. The van der Waals surface area contributed by atoms with E-state index in [0.717, 1.165) is 0 Å². The van der Waals surface area contributed by atoms with Gasteiger partial charge in [0.1, 0.15) is 17.2 Å². The van der Waals surface area contributed by atoms with E-state index in [4.69, 9.17) is 4.74 Å². The minimum Gasteiger partial charge on any atom is -0.507 e. The molecule has 0 saturated carbocycles. The quantitative estimate of drug-likeness (QED) is 0.872. The lowest BCUT2D eigenvalue weighted by atomic mass is 10.1. The standard InChI is InChI=1S/C16H14F3NO4/c1-23-11-5-6-14(21)13(8-11)15(22)20-10-3-2-4-12(7-10)24-9-16(17,18)19/h2-8,21H,9H2,1H3,(H,20,22). The van der Waals surface area contributed by atoms with Gasteiger partial charge in [-0.25, -0.2) is 0 Å². The van der Waals surface area contributed by atoms with Crippen LogP contribution in [0.5, 0.6) is 17.2 Å². The predicted octanol–water partition coefficient (Wildman–Crippen LogP) is 3.59. The average molecular weight is 341 g/mol. The molecule has 2 aromatic carbocycles. The molecule has 0 aliphatic carbocycles. The van der Waals surface area contributed by atoms with Crippen molar-refractivity contribution in [1.29, 1.82) is 0 Å². The van der Waals surface area contributed by atoms with Crippen LogP contribution in [0.1, 0.15) is 10.4 Å². The van der Waals surface area contributed by atoms with Gasteiger partial charge < -0.3 is 19.9 Å². The maximum absolute atomic E-state index is 12.2. The number of hydrogen-bond donors (Lipinski definition) is 2. The van der Waals surface area contributed by atoms with Crippen LogP contribution >= 0.6 is 0 Å². The number of nitrogens with one attached hydrogen (secondary N) is 1. The van der Waals surface area contributed by atoms with Gasteiger partial charge in [0.2, 0.25) is 0 Å². The second kappa shape index (κ2) is 7.12. The summed E-state index contributed by atoms with van der Waals surface area (Å²) >= 11 is 0. The van der Waals surface area contributed by atoms with Gasteiger partial charge in [-0.2, -0.15) is 13.2 Å². The fraction of sp³-hybridized carbons (Fsp3) is 0.188. The Kier molecular flexibility index (Phi) is 5.18. The number of amides is 1. The summed E-state index contributed by atoms with van der Waals surface area (Å²) in [5.74, 6) is -0.558. The predicted molar refractivity (Wildman–Crippen MR) is 80.6 cm³/mol. The zero-order valence-electron chi connectivity index (χ0n) is 12.6. The monoisotopic (exact) mass is 341 g/mol. The van der Waals surface area contributed by atoms with Gasteiger partial charge in [-0.3, -0.25) is 4.79 Å². The van der Waals surface area contributed by atoms with Gasteiger partial charge in [-0.05, 0) is 30.3 Å². The number of carbonyl (C=O) groups excluding carboxylic acids is 1. The van der Waals surface area contributed by atoms with E-state index in [2.05, 4.69) is 10.1 Å². The minimum absolute atomic E-state index is 0.0315. The van der Waals surface area contributed by atoms with E-state index >= 15 is 0 Å². The summed E-state index contributed by atoms with van der Waals surface area (Å²) in [5, 5.41) is 12.2. The van der Waals surface area contributed by atoms with E-state index in [-0.39, 0.29) is 22.7 Å². The van der Waals surface area contributed by atoms with Gasteiger partial charge >= 0.3 is 6.18 Å². The lowest BCUT2D eigenvalue weighted by molar-refractivity contribution is -0.153. The Labute approximate surface area is 135 Å². The van der Waals surface area contributed by atoms with Gasteiger partial charge in [0, 0.05) is 11.8 Å². The van der Waals surface area contributed by atoms with Crippen LogP contribution in [0.15, 0.2) is 42.5 Å². The van der Waals surface area contributed by atoms with Crippen molar-refractivity contribution in [2.24, 2.45) is 0 Å². The topological polar surface area (TPSA) is 67.8 Å². The van der Waals surface area contributed by atoms with Crippen molar-refractivity contribution in [3.63, 3.8) is 0 Å². The summed E-state index contributed by atoms with van der Waals surface area (Å²) in [6.45, 7) is -1.43. The van der Waals surface area contributed by atoms with Crippen molar-refractivity contribution in [2.45, 2.75) is 6.18 Å². The number of hydrogen-bond acceptors (Lipinski definition) is 4. The largest absolute Gasteiger partial charge is 0.507 e. The molecule has 0 unspecified atom stereocenters. The first-order valence-corrected chi connectivity index (χ1v) is 6.76. The SMILES string of the molecule is COc1ccc(O)c(C(=O)Nc2cccc(OCC(F)(F)F)c2)c1. The lowest BCUT2D eigenvalue weighted by Crippen LogP contribution is -2.19. The molecule has 2 N–H and O–H groups in total. The fourth-order valence-corrected chi connectivity index (χ4v) is 1.85. The molecule has 0 spiro atoms. The van der Waals surface area contributed by atoms with Crippen molar-refractivity contribution < 1.29 is 32.5 Å². The molecular formula is C16H14F3NO4. The first-order valence-electron chi connectivity index (χ1n) is 6.76. The zero-order valence-corrected chi connectivity index (χ0v) is 12.6. The van der Waals surface area contributed by atoms with E-state index in [1.807, 2.05) is 0 Å². The van der Waals surface area contributed by atoms with Gasteiger partial charge in [0.25, 0.3) is 5.91 Å². The normalized spacial score (nSPS) is 11.0. The molecular weight excluding hydrogens is 327 g/mol. The van der Waals surface area contributed by atoms with Crippen LogP contribution in [0.3, 0.4) is 0 Å². The third-order valence-corrected chi connectivity index (χ3v) is 2.94. The highest BCUT2D eigenvalue weighted by atomic mass is 19.4. The number of carbonyl (C=O) groups is 1. The number of anilines is 1. The zero-order chi connectivity index (χ0) is 17.7. The number of aromatic hydroxyl groups is 1. The van der Waals surface area contributed by atoms with Gasteiger partial charge in [0.05, 0.1) is 12.7 Å². The van der Waals surface area contributed by atoms with E-state index in [1.54, 1.807) is 0 Å². The molecule has 0 bridgehead atoms. The number of halogens is 3. The molecule has 0 fully saturated rings. The Bertz CT molecular complexity index is 732. The highest BCUT2D eigenvalue weighted by Crippen LogP contribution is 2.25. The van der Waals surface area contributed by atoms with Crippen LogP contribution in [0.4, 0.5) is 18.9 Å². The minimum atomic E-state index is -4.45. The van der Waals surface area contributed by atoms with Crippen molar-refractivity contribution in [3.05, 3.63) is 48.0 Å². The van der Waals surface area contributed by atoms with Crippen LogP contribution < -0.4 is 14.8 Å². The number of phenols is 1. The molecule has 0 heterocycles. The molecule has 0 aromatic heterocycles. The third-order valence-electron chi connectivity index (χ3n) is 2.94. The van der Waals surface area contributed by atoms with Crippen molar-refractivity contribution in [1.82, 2.24) is 0 Å². The Balaban J connectivity index is 2.12. The lowest BCUT2D eigenvalue weighted by Gasteiger charge is -2.11.